The average molecular weight is 482 g/mol. The van der Waals surface area contributed by atoms with Crippen molar-refractivity contribution >= 4 is 30.2 Å². The molecule has 3 atom stereocenters. The van der Waals surface area contributed by atoms with Crippen molar-refractivity contribution in [1.82, 2.24) is 25.8 Å². The van der Waals surface area contributed by atoms with Gasteiger partial charge in [-0.15, -0.1) is 0 Å². The maximum absolute atomic E-state index is 13.7. The van der Waals surface area contributed by atoms with Crippen LogP contribution in [0.3, 0.4) is 0 Å². The minimum atomic E-state index is -0.818. The highest BCUT2D eigenvalue weighted by atomic mass is 16.6. The number of amides is 5. The molecule has 2 aliphatic rings. The van der Waals surface area contributed by atoms with Gasteiger partial charge < -0.3 is 30.5 Å². The van der Waals surface area contributed by atoms with Gasteiger partial charge in [0.05, 0.1) is 0 Å². The smallest absolute Gasteiger partial charge is 0.410 e. The number of nitrogens with one attached hydrogen (secondary N) is 3. The minimum absolute atomic E-state index is 0.0690. The first kappa shape index (κ1) is 27.4. The Labute approximate surface area is 201 Å². The summed E-state index contributed by atoms with van der Waals surface area (Å²) in [5.74, 6) is -1.21. The number of ether oxygens (including phenoxy) is 1. The van der Waals surface area contributed by atoms with Crippen LogP contribution in [-0.4, -0.2) is 90.9 Å². The fourth-order valence-electron chi connectivity index (χ4n) is 4.58. The van der Waals surface area contributed by atoms with Gasteiger partial charge >= 0.3 is 6.09 Å². The van der Waals surface area contributed by atoms with Crippen molar-refractivity contribution in [3.63, 3.8) is 0 Å². The quantitative estimate of drug-likeness (QED) is 0.429. The molecule has 0 spiro atoms. The molecule has 0 radical (unpaired) electrons. The molecule has 1 saturated heterocycles. The third-order valence-electron chi connectivity index (χ3n) is 6.23. The summed E-state index contributed by atoms with van der Waals surface area (Å²) in [7, 11) is 2.96. The van der Waals surface area contributed by atoms with Gasteiger partial charge in [0.15, 0.2) is 0 Å². The van der Waals surface area contributed by atoms with E-state index in [-0.39, 0.29) is 36.9 Å². The van der Waals surface area contributed by atoms with Gasteiger partial charge in [-0.2, -0.15) is 0 Å². The maximum atomic E-state index is 13.7. The first-order valence-electron chi connectivity index (χ1n) is 11.9. The van der Waals surface area contributed by atoms with Crippen molar-refractivity contribution in [1.29, 1.82) is 0 Å². The van der Waals surface area contributed by atoms with E-state index in [4.69, 9.17) is 4.74 Å². The van der Waals surface area contributed by atoms with E-state index < -0.39 is 29.7 Å². The number of rotatable bonds is 8. The van der Waals surface area contributed by atoms with Crippen molar-refractivity contribution in [2.24, 2.45) is 5.92 Å². The third kappa shape index (κ3) is 7.59. The second-order valence-electron chi connectivity index (χ2n) is 10.1. The van der Waals surface area contributed by atoms with Crippen LogP contribution in [0, 0.1) is 5.92 Å². The molecule has 34 heavy (non-hydrogen) atoms. The van der Waals surface area contributed by atoms with Crippen LogP contribution in [0.2, 0.25) is 0 Å². The van der Waals surface area contributed by atoms with E-state index in [0.29, 0.717) is 12.8 Å². The van der Waals surface area contributed by atoms with E-state index in [2.05, 4.69) is 16.0 Å². The molecule has 5 amide bonds. The van der Waals surface area contributed by atoms with Crippen molar-refractivity contribution < 1.29 is 28.7 Å². The molecule has 0 bridgehead atoms. The Balaban J connectivity index is 2.17. The van der Waals surface area contributed by atoms with Crippen LogP contribution >= 0.6 is 0 Å². The van der Waals surface area contributed by atoms with Crippen LogP contribution in [-0.2, 0) is 23.9 Å². The van der Waals surface area contributed by atoms with E-state index in [1.807, 2.05) is 0 Å². The molecule has 11 nitrogen and oxygen atoms in total. The molecule has 0 aromatic heterocycles. The fraction of sp³-hybridized carbons (Fsp3) is 0.783. The average Bonchev–Trinajstić information content (AvgIpc) is 3.20. The summed E-state index contributed by atoms with van der Waals surface area (Å²) < 4.78 is 5.29. The number of hydrogen-bond donors (Lipinski definition) is 3. The fourth-order valence-corrected chi connectivity index (χ4v) is 4.58. The molecule has 3 N–H and O–H groups in total. The van der Waals surface area contributed by atoms with Crippen LogP contribution in [0.4, 0.5) is 4.79 Å². The van der Waals surface area contributed by atoms with Crippen LogP contribution in [0.15, 0.2) is 0 Å². The molecule has 11 heteroatoms. The number of carbonyl (C=O) groups is 5. The number of carbonyl (C=O) groups excluding carboxylic acids is 5. The summed E-state index contributed by atoms with van der Waals surface area (Å²) in [5.41, 5.74) is -0.695. The van der Waals surface area contributed by atoms with Crippen LogP contribution in [0.25, 0.3) is 0 Å². The van der Waals surface area contributed by atoms with Gasteiger partial charge in [-0.3, -0.25) is 19.2 Å². The summed E-state index contributed by atoms with van der Waals surface area (Å²) in [4.78, 5) is 64.8. The lowest BCUT2D eigenvalue weighted by Gasteiger charge is -2.34. The Morgan fingerprint density at radius 3 is 2.35 bits per heavy atom. The standard InChI is InChI=1S/C23H39N5O6/c1-23(2,3)34-22(33)27(5)13-18(30)26-19(15-9-7-6-8-10-15)21(32)28-12-16(25-14-29)11-17(28)20(31)24-4/h14-17,19H,6-13H2,1-5H3,(H,24,31)(H,25,29)(H,26,30). The molecule has 1 heterocycles. The molecule has 0 aromatic rings. The van der Waals surface area contributed by atoms with Crippen molar-refractivity contribution in [3.05, 3.63) is 0 Å². The normalized spacial score (nSPS) is 21.9. The summed E-state index contributed by atoms with van der Waals surface area (Å²) in [6, 6.07) is -1.89. The topological polar surface area (TPSA) is 137 Å². The predicted octanol–water partition coefficient (Wildman–Crippen LogP) is 0.380. The molecular weight excluding hydrogens is 442 g/mol. The van der Waals surface area contributed by atoms with Crippen LogP contribution in [0.5, 0.6) is 0 Å². The Bertz CT molecular complexity index is 761. The molecule has 2 rings (SSSR count). The Hall–Kier alpha value is -2.85. The Morgan fingerprint density at radius 1 is 1.15 bits per heavy atom. The zero-order valence-corrected chi connectivity index (χ0v) is 20.9. The van der Waals surface area contributed by atoms with Gasteiger partial charge in [0.25, 0.3) is 0 Å². The van der Waals surface area contributed by atoms with Crippen molar-refractivity contribution in [2.75, 3.05) is 27.2 Å². The van der Waals surface area contributed by atoms with Gasteiger partial charge in [-0.1, -0.05) is 19.3 Å². The lowest BCUT2D eigenvalue weighted by Crippen LogP contribution is -2.57. The Kier molecular flexibility index (Phi) is 9.69. The van der Waals surface area contributed by atoms with E-state index in [1.54, 1.807) is 20.8 Å². The van der Waals surface area contributed by atoms with E-state index in [0.717, 1.165) is 37.0 Å². The molecule has 1 saturated carbocycles. The maximum Gasteiger partial charge on any atom is 0.410 e. The molecule has 2 fully saturated rings. The highest BCUT2D eigenvalue weighted by Crippen LogP contribution is 2.29. The zero-order chi connectivity index (χ0) is 25.5. The number of hydrogen-bond acceptors (Lipinski definition) is 6. The van der Waals surface area contributed by atoms with Gasteiger partial charge in [0.1, 0.15) is 24.2 Å². The zero-order valence-electron chi connectivity index (χ0n) is 20.9. The molecule has 1 aliphatic heterocycles. The highest BCUT2D eigenvalue weighted by molar-refractivity contribution is 5.93. The number of likely N-dealkylation sites (tertiary alicyclic amines) is 1. The van der Waals surface area contributed by atoms with Gasteiger partial charge in [-0.05, 0) is 46.0 Å². The number of nitrogens with zero attached hydrogens (tertiary/aromatic N) is 2. The summed E-state index contributed by atoms with van der Waals surface area (Å²) in [5, 5.41) is 8.07. The predicted molar refractivity (Wildman–Crippen MR) is 125 cm³/mol. The van der Waals surface area contributed by atoms with Crippen molar-refractivity contribution in [2.45, 2.75) is 83.0 Å². The van der Waals surface area contributed by atoms with Crippen molar-refractivity contribution in [3.8, 4) is 0 Å². The van der Waals surface area contributed by atoms with Gasteiger partial charge in [0.2, 0.25) is 24.1 Å². The van der Waals surface area contributed by atoms with Gasteiger partial charge in [0, 0.05) is 26.7 Å². The van der Waals surface area contributed by atoms with E-state index >= 15 is 0 Å². The Morgan fingerprint density at radius 2 is 1.79 bits per heavy atom. The minimum Gasteiger partial charge on any atom is -0.444 e. The summed E-state index contributed by atoms with van der Waals surface area (Å²) >= 11 is 0. The first-order valence-corrected chi connectivity index (χ1v) is 11.9. The lowest BCUT2D eigenvalue weighted by atomic mass is 9.83. The van der Waals surface area contributed by atoms with E-state index in [9.17, 15) is 24.0 Å². The second kappa shape index (κ2) is 12.0. The lowest BCUT2D eigenvalue weighted by molar-refractivity contribution is -0.143. The van der Waals surface area contributed by atoms with Crippen LogP contribution in [0.1, 0.15) is 59.3 Å². The van der Waals surface area contributed by atoms with Gasteiger partial charge in [-0.25, -0.2) is 4.79 Å². The molecule has 3 unspecified atom stereocenters. The molecular formula is C23H39N5O6. The molecule has 0 aromatic carbocycles. The SMILES string of the molecule is CNC(=O)C1CC(NC=O)CN1C(=O)C(NC(=O)CN(C)C(=O)OC(C)(C)C)C1CCCCC1. The monoisotopic (exact) mass is 481 g/mol. The molecule has 192 valence electrons. The third-order valence-corrected chi connectivity index (χ3v) is 6.23. The molecule has 1 aliphatic carbocycles. The summed E-state index contributed by atoms with van der Waals surface area (Å²) in [6.07, 6.45) is 4.78. The summed E-state index contributed by atoms with van der Waals surface area (Å²) in [6.45, 7) is 5.14. The first-order chi connectivity index (χ1) is 16.0. The highest BCUT2D eigenvalue weighted by Gasteiger charge is 2.43. The number of likely N-dealkylation sites (N-methyl/N-ethyl adjacent to an activating group) is 2. The largest absolute Gasteiger partial charge is 0.444 e. The van der Waals surface area contributed by atoms with Crippen LogP contribution < -0.4 is 16.0 Å². The van der Waals surface area contributed by atoms with E-state index in [1.165, 1.54) is 19.0 Å². The second-order valence-corrected chi connectivity index (χ2v) is 10.1.